The lowest BCUT2D eigenvalue weighted by Crippen LogP contribution is -2.19. The molecule has 18 heavy (non-hydrogen) atoms. The van der Waals surface area contributed by atoms with Gasteiger partial charge in [-0.25, -0.2) is 4.39 Å². The molecular weight excluding hydrogens is 227 g/mol. The normalized spacial score (nSPS) is 12.4. The van der Waals surface area contributed by atoms with Crippen LogP contribution in [0.5, 0.6) is 0 Å². The number of rotatable bonds is 4. The van der Waals surface area contributed by atoms with E-state index in [4.69, 9.17) is 0 Å². The molecule has 1 heterocycles. The first-order valence-corrected chi connectivity index (χ1v) is 6.06. The molecule has 0 amide bonds. The van der Waals surface area contributed by atoms with E-state index >= 15 is 0 Å². The number of halogens is 1. The molecule has 0 bridgehead atoms. The van der Waals surface area contributed by atoms with E-state index in [0.717, 1.165) is 11.3 Å². The van der Waals surface area contributed by atoms with Gasteiger partial charge in [0.15, 0.2) is 0 Å². The zero-order valence-electron chi connectivity index (χ0n) is 10.7. The van der Waals surface area contributed by atoms with E-state index in [2.05, 4.69) is 17.2 Å². The van der Waals surface area contributed by atoms with E-state index in [1.165, 1.54) is 17.7 Å². The fourth-order valence-electron chi connectivity index (χ4n) is 1.82. The molecule has 1 aromatic heterocycles. The van der Waals surface area contributed by atoms with E-state index in [9.17, 15) is 4.39 Å². The fraction of sp³-hybridized carbons (Fsp3) is 0.267. The van der Waals surface area contributed by atoms with Crippen LogP contribution in [0.2, 0.25) is 0 Å². The van der Waals surface area contributed by atoms with Crippen molar-refractivity contribution in [2.45, 2.75) is 26.4 Å². The second-order valence-corrected chi connectivity index (χ2v) is 4.42. The Labute approximate surface area is 107 Å². The largest absolute Gasteiger partial charge is 0.305 e. The molecule has 94 valence electrons. The van der Waals surface area contributed by atoms with Gasteiger partial charge in [0.25, 0.3) is 0 Å². The Hall–Kier alpha value is -1.74. The van der Waals surface area contributed by atoms with Crippen LogP contribution in [0.3, 0.4) is 0 Å². The van der Waals surface area contributed by atoms with Gasteiger partial charge in [0.1, 0.15) is 5.82 Å². The second-order valence-electron chi connectivity index (χ2n) is 4.42. The van der Waals surface area contributed by atoms with Crippen LogP contribution in [0.15, 0.2) is 42.6 Å². The summed E-state index contributed by atoms with van der Waals surface area (Å²) < 4.78 is 12.8. The predicted molar refractivity (Wildman–Crippen MR) is 70.6 cm³/mol. The first-order chi connectivity index (χ1) is 8.66. The van der Waals surface area contributed by atoms with Gasteiger partial charge in [-0.1, -0.05) is 18.2 Å². The highest BCUT2D eigenvalue weighted by Gasteiger charge is 2.06. The average molecular weight is 244 g/mol. The Kier molecular flexibility index (Phi) is 4.05. The molecule has 0 aliphatic rings. The van der Waals surface area contributed by atoms with Crippen molar-refractivity contribution in [2.75, 3.05) is 0 Å². The van der Waals surface area contributed by atoms with Gasteiger partial charge in [-0.15, -0.1) is 0 Å². The summed E-state index contributed by atoms with van der Waals surface area (Å²) in [6.07, 6.45) is 1.80. The van der Waals surface area contributed by atoms with E-state index in [0.29, 0.717) is 6.54 Å². The quantitative estimate of drug-likeness (QED) is 0.891. The SMILES string of the molecule is Cc1cccnc1CN[C@H](C)c1ccc(F)cc1. The highest BCUT2D eigenvalue weighted by molar-refractivity contribution is 5.21. The number of aryl methyl sites for hydroxylation is 1. The van der Waals surface area contributed by atoms with Crippen molar-refractivity contribution in [1.29, 1.82) is 0 Å². The zero-order valence-corrected chi connectivity index (χ0v) is 10.7. The standard InChI is InChI=1S/C15H17FN2/c1-11-4-3-9-17-15(11)10-18-12(2)13-5-7-14(16)8-6-13/h3-9,12,18H,10H2,1-2H3/t12-/m1/s1. The molecule has 0 unspecified atom stereocenters. The first kappa shape index (κ1) is 12.7. The van der Waals surface area contributed by atoms with Crippen LogP contribution in [-0.2, 0) is 6.54 Å². The van der Waals surface area contributed by atoms with E-state index in [-0.39, 0.29) is 11.9 Å². The highest BCUT2D eigenvalue weighted by atomic mass is 19.1. The van der Waals surface area contributed by atoms with Gasteiger partial charge in [-0.05, 0) is 43.2 Å². The Morgan fingerprint density at radius 1 is 1.22 bits per heavy atom. The van der Waals surface area contributed by atoms with Crippen LogP contribution in [-0.4, -0.2) is 4.98 Å². The van der Waals surface area contributed by atoms with E-state index < -0.39 is 0 Å². The van der Waals surface area contributed by atoms with Gasteiger partial charge in [-0.2, -0.15) is 0 Å². The molecule has 2 aromatic rings. The summed E-state index contributed by atoms with van der Waals surface area (Å²) in [5.41, 5.74) is 3.30. The number of aromatic nitrogens is 1. The maximum atomic E-state index is 12.8. The molecule has 0 fully saturated rings. The van der Waals surface area contributed by atoms with Crippen LogP contribution in [0, 0.1) is 12.7 Å². The predicted octanol–water partition coefficient (Wildman–Crippen LogP) is 3.38. The summed E-state index contributed by atoms with van der Waals surface area (Å²) >= 11 is 0. The molecule has 0 saturated heterocycles. The van der Waals surface area contributed by atoms with Gasteiger partial charge in [0.2, 0.25) is 0 Å². The maximum Gasteiger partial charge on any atom is 0.123 e. The fourth-order valence-corrected chi connectivity index (χ4v) is 1.82. The van der Waals surface area contributed by atoms with E-state index in [1.807, 2.05) is 19.1 Å². The van der Waals surface area contributed by atoms with Crippen LogP contribution < -0.4 is 5.32 Å². The van der Waals surface area contributed by atoms with Crippen molar-refractivity contribution in [1.82, 2.24) is 10.3 Å². The van der Waals surface area contributed by atoms with Crippen molar-refractivity contribution >= 4 is 0 Å². The third-order valence-corrected chi connectivity index (χ3v) is 3.06. The van der Waals surface area contributed by atoms with Crippen molar-refractivity contribution in [3.63, 3.8) is 0 Å². The van der Waals surface area contributed by atoms with Crippen molar-refractivity contribution in [2.24, 2.45) is 0 Å². The number of hydrogen-bond donors (Lipinski definition) is 1. The molecule has 1 atom stereocenters. The summed E-state index contributed by atoms with van der Waals surface area (Å²) in [6.45, 7) is 4.82. The van der Waals surface area contributed by atoms with E-state index in [1.54, 1.807) is 18.3 Å². The van der Waals surface area contributed by atoms with Crippen LogP contribution in [0.4, 0.5) is 4.39 Å². The van der Waals surface area contributed by atoms with Gasteiger partial charge in [0.05, 0.1) is 5.69 Å². The van der Waals surface area contributed by atoms with Gasteiger partial charge in [-0.3, -0.25) is 4.98 Å². The summed E-state index contributed by atoms with van der Waals surface area (Å²) in [5.74, 6) is -0.202. The van der Waals surface area contributed by atoms with Crippen molar-refractivity contribution in [3.05, 3.63) is 65.2 Å². The van der Waals surface area contributed by atoms with Crippen LogP contribution in [0.1, 0.15) is 29.8 Å². The summed E-state index contributed by atoms with van der Waals surface area (Å²) in [4.78, 5) is 4.34. The Morgan fingerprint density at radius 2 is 1.94 bits per heavy atom. The average Bonchev–Trinajstić information content (AvgIpc) is 2.38. The summed E-state index contributed by atoms with van der Waals surface area (Å²) in [6, 6.07) is 10.7. The maximum absolute atomic E-state index is 12.8. The molecule has 1 N–H and O–H groups in total. The Balaban J connectivity index is 1.98. The van der Waals surface area contributed by atoms with Gasteiger partial charge >= 0.3 is 0 Å². The summed E-state index contributed by atoms with van der Waals surface area (Å²) in [7, 11) is 0. The number of nitrogens with zero attached hydrogens (tertiary/aromatic N) is 1. The number of benzene rings is 1. The molecule has 0 aliphatic heterocycles. The monoisotopic (exact) mass is 244 g/mol. The topological polar surface area (TPSA) is 24.9 Å². The smallest absolute Gasteiger partial charge is 0.123 e. The molecule has 0 spiro atoms. The van der Waals surface area contributed by atoms with Crippen LogP contribution in [0.25, 0.3) is 0 Å². The Bertz CT molecular complexity index is 508. The Morgan fingerprint density at radius 3 is 2.61 bits per heavy atom. The third kappa shape index (κ3) is 3.14. The zero-order chi connectivity index (χ0) is 13.0. The molecule has 3 heteroatoms. The van der Waals surface area contributed by atoms with Crippen LogP contribution >= 0.6 is 0 Å². The molecule has 0 aliphatic carbocycles. The highest BCUT2D eigenvalue weighted by Crippen LogP contribution is 2.14. The lowest BCUT2D eigenvalue weighted by Gasteiger charge is -2.14. The number of pyridine rings is 1. The summed E-state index contributed by atoms with van der Waals surface area (Å²) in [5, 5.41) is 3.39. The molecule has 2 rings (SSSR count). The molecular formula is C15H17FN2. The lowest BCUT2D eigenvalue weighted by atomic mass is 10.1. The third-order valence-electron chi connectivity index (χ3n) is 3.06. The van der Waals surface area contributed by atoms with Gasteiger partial charge in [0, 0.05) is 18.8 Å². The number of hydrogen-bond acceptors (Lipinski definition) is 2. The van der Waals surface area contributed by atoms with Gasteiger partial charge < -0.3 is 5.32 Å². The van der Waals surface area contributed by atoms with Crippen molar-refractivity contribution < 1.29 is 4.39 Å². The molecule has 0 radical (unpaired) electrons. The minimum atomic E-state index is -0.202. The molecule has 0 saturated carbocycles. The second kappa shape index (κ2) is 5.74. The van der Waals surface area contributed by atoms with Crippen molar-refractivity contribution in [3.8, 4) is 0 Å². The molecule has 2 nitrogen and oxygen atoms in total. The minimum absolute atomic E-state index is 0.173. The number of nitrogens with one attached hydrogen (secondary N) is 1. The minimum Gasteiger partial charge on any atom is -0.305 e. The molecule has 1 aromatic carbocycles. The lowest BCUT2D eigenvalue weighted by molar-refractivity contribution is 0.563. The first-order valence-electron chi connectivity index (χ1n) is 6.06.